The third-order valence-electron chi connectivity index (χ3n) is 4.79. The number of nitrogens with one attached hydrogen (secondary N) is 1. The van der Waals surface area contributed by atoms with Crippen LogP contribution in [-0.4, -0.2) is 16.7 Å². The van der Waals surface area contributed by atoms with Crippen LogP contribution < -0.4 is 5.43 Å². The van der Waals surface area contributed by atoms with Crippen LogP contribution in [0.25, 0.3) is 16.5 Å². The van der Waals surface area contributed by atoms with Gasteiger partial charge in [0.05, 0.1) is 18.3 Å². The predicted octanol–water partition coefficient (Wildman–Crippen LogP) is 5.00. The van der Waals surface area contributed by atoms with Gasteiger partial charge in [-0.1, -0.05) is 42.5 Å². The SMILES string of the molecule is Cc1cc(/C=N\NC(=O)Cc2cccs2)c(C)n1-c1cccc2ccccc12. The lowest BCUT2D eigenvalue weighted by atomic mass is 10.1. The number of hydrogen-bond donors (Lipinski definition) is 1. The number of aromatic nitrogens is 1. The molecular weight excluding hydrogens is 366 g/mol. The molecule has 2 aromatic heterocycles. The number of hydrazone groups is 1. The number of aryl methyl sites for hydroxylation is 1. The summed E-state index contributed by atoms with van der Waals surface area (Å²) in [6, 6.07) is 20.7. The monoisotopic (exact) mass is 387 g/mol. The van der Waals surface area contributed by atoms with Gasteiger partial charge in [0.25, 0.3) is 0 Å². The van der Waals surface area contributed by atoms with E-state index < -0.39 is 0 Å². The van der Waals surface area contributed by atoms with E-state index in [0.717, 1.165) is 27.5 Å². The van der Waals surface area contributed by atoms with Crippen LogP contribution in [0.2, 0.25) is 0 Å². The first-order valence-electron chi connectivity index (χ1n) is 9.15. The average molecular weight is 388 g/mol. The zero-order valence-electron chi connectivity index (χ0n) is 15.8. The fourth-order valence-corrected chi connectivity index (χ4v) is 4.18. The number of amides is 1. The van der Waals surface area contributed by atoms with Crippen LogP contribution in [0.5, 0.6) is 0 Å². The van der Waals surface area contributed by atoms with Crippen LogP contribution in [0.4, 0.5) is 0 Å². The molecule has 0 aliphatic carbocycles. The minimum absolute atomic E-state index is 0.110. The van der Waals surface area contributed by atoms with Crippen LogP contribution in [0.15, 0.2) is 71.1 Å². The molecule has 0 saturated carbocycles. The Morgan fingerprint density at radius 2 is 1.93 bits per heavy atom. The van der Waals surface area contributed by atoms with Gasteiger partial charge in [0, 0.05) is 27.2 Å². The summed E-state index contributed by atoms with van der Waals surface area (Å²) in [5.41, 5.74) is 6.97. The quantitative estimate of drug-likeness (QED) is 0.380. The lowest BCUT2D eigenvalue weighted by molar-refractivity contribution is -0.120. The number of hydrogen-bond acceptors (Lipinski definition) is 3. The van der Waals surface area contributed by atoms with Gasteiger partial charge in [-0.25, -0.2) is 5.43 Å². The summed E-state index contributed by atoms with van der Waals surface area (Å²) < 4.78 is 2.23. The molecule has 1 amide bonds. The molecule has 4 nitrogen and oxygen atoms in total. The molecule has 5 heteroatoms. The Bertz CT molecular complexity index is 1150. The van der Waals surface area contributed by atoms with E-state index in [2.05, 4.69) is 77.5 Å². The maximum atomic E-state index is 12.0. The molecule has 0 unspecified atom stereocenters. The van der Waals surface area contributed by atoms with Crippen molar-refractivity contribution in [2.24, 2.45) is 5.10 Å². The summed E-state index contributed by atoms with van der Waals surface area (Å²) in [6.07, 6.45) is 2.07. The molecule has 140 valence electrons. The summed E-state index contributed by atoms with van der Waals surface area (Å²) in [5, 5.41) is 8.55. The molecular formula is C23H21N3OS. The zero-order valence-corrected chi connectivity index (χ0v) is 16.7. The van der Waals surface area contributed by atoms with Crippen molar-refractivity contribution in [3.63, 3.8) is 0 Å². The third kappa shape index (κ3) is 3.62. The molecule has 28 heavy (non-hydrogen) atoms. The topological polar surface area (TPSA) is 46.4 Å². The fraction of sp³-hybridized carbons (Fsp3) is 0.130. The summed E-state index contributed by atoms with van der Waals surface area (Å²) in [5.74, 6) is -0.110. The Hall–Kier alpha value is -3.18. The van der Waals surface area contributed by atoms with Gasteiger partial charge >= 0.3 is 0 Å². The first-order chi connectivity index (χ1) is 13.6. The molecule has 1 N–H and O–H groups in total. The second kappa shape index (κ2) is 7.82. The number of carbonyl (C=O) groups excluding carboxylic acids is 1. The standard InChI is InChI=1S/C23H21N3OS/c1-16-13-19(15-24-25-23(27)14-20-9-6-12-28-20)17(2)26(16)22-11-5-8-18-7-3-4-10-21(18)22/h3-13,15H,14H2,1-2H3,(H,25,27)/b24-15-. The van der Waals surface area contributed by atoms with Gasteiger partial charge in [0.15, 0.2) is 0 Å². The molecule has 0 aliphatic rings. The van der Waals surface area contributed by atoms with Crippen LogP contribution in [0.1, 0.15) is 21.8 Å². The van der Waals surface area contributed by atoms with E-state index in [0.29, 0.717) is 6.42 Å². The Morgan fingerprint density at radius 1 is 1.11 bits per heavy atom. The smallest absolute Gasteiger partial charge is 0.245 e. The van der Waals surface area contributed by atoms with Crippen molar-refractivity contribution < 1.29 is 4.79 Å². The van der Waals surface area contributed by atoms with Crippen LogP contribution in [-0.2, 0) is 11.2 Å². The number of rotatable bonds is 5. The molecule has 2 heterocycles. The highest BCUT2D eigenvalue weighted by Gasteiger charge is 2.12. The molecule has 0 spiro atoms. The zero-order chi connectivity index (χ0) is 19.5. The average Bonchev–Trinajstić information content (AvgIpc) is 3.29. The Morgan fingerprint density at radius 3 is 2.75 bits per heavy atom. The summed E-state index contributed by atoms with van der Waals surface area (Å²) in [6.45, 7) is 4.16. The Labute approximate surface area is 168 Å². The summed E-state index contributed by atoms with van der Waals surface area (Å²) in [4.78, 5) is 13.0. The van der Waals surface area contributed by atoms with Crippen LogP contribution >= 0.6 is 11.3 Å². The van der Waals surface area contributed by atoms with Gasteiger partial charge in [0.2, 0.25) is 5.91 Å². The van der Waals surface area contributed by atoms with Gasteiger partial charge < -0.3 is 4.57 Å². The van der Waals surface area contributed by atoms with Gasteiger partial charge in [-0.3, -0.25) is 4.79 Å². The number of nitrogens with zero attached hydrogens (tertiary/aromatic N) is 2. The van der Waals surface area contributed by atoms with Gasteiger partial charge in [-0.2, -0.15) is 5.10 Å². The minimum Gasteiger partial charge on any atom is -0.317 e. The van der Waals surface area contributed by atoms with Crippen molar-refractivity contribution in [2.45, 2.75) is 20.3 Å². The third-order valence-corrected chi connectivity index (χ3v) is 5.66. The lowest BCUT2D eigenvalue weighted by Crippen LogP contribution is -2.19. The maximum Gasteiger partial charge on any atom is 0.245 e. The number of benzene rings is 2. The van der Waals surface area contributed by atoms with Crippen molar-refractivity contribution >= 4 is 34.2 Å². The normalized spacial score (nSPS) is 11.4. The molecule has 4 aromatic rings. The van der Waals surface area contributed by atoms with Crippen molar-refractivity contribution in [2.75, 3.05) is 0 Å². The van der Waals surface area contributed by atoms with E-state index in [4.69, 9.17) is 0 Å². The maximum absolute atomic E-state index is 12.0. The number of fused-ring (bicyclic) bond motifs is 1. The van der Waals surface area contributed by atoms with E-state index in [9.17, 15) is 4.79 Å². The molecule has 0 fully saturated rings. The highest BCUT2D eigenvalue weighted by molar-refractivity contribution is 7.10. The van der Waals surface area contributed by atoms with Crippen molar-refractivity contribution in [3.8, 4) is 5.69 Å². The predicted molar refractivity (Wildman–Crippen MR) is 117 cm³/mol. The Balaban J connectivity index is 1.58. The Kier molecular flexibility index (Phi) is 5.08. The molecule has 0 radical (unpaired) electrons. The lowest BCUT2D eigenvalue weighted by Gasteiger charge is -2.12. The van der Waals surface area contributed by atoms with Gasteiger partial charge in [-0.05, 0) is 42.8 Å². The van der Waals surface area contributed by atoms with Crippen molar-refractivity contribution in [1.29, 1.82) is 0 Å². The van der Waals surface area contributed by atoms with E-state index in [1.54, 1.807) is 17.6 Å². The van der Waals surface area contributed by atoms with Gasteiger partial charge in [0.1, 0.15) is 0 Å². The first-order valence-corrected chi connectivity index (χ1v) is 10.0. The fourth-order valence-electron chi connectivity index (χ4n) is 3.48. The van der Waals surface area contributed by atoms with Crippen molar-refractivity contribution in [1.82, 2.24) is 9.99 Å². The highest BCUT2D eigenvalue weighted by Crippen LogP contribution is 2.26. The van der Waals surface area contributed by atoms with E-state index in [-0.39, 0.29) is 5.91 Å². The number of thiophene rings is 1. The van der Waals surface area contributed by atoms with E-state index >= 15 is 0 Å². The molecule has 0 atom stereocenters. The highest BCUT2D eigenvalue weighted by atomic mass is 32.1. The molecule has 0 aliphatic heterocycles. The van der Waals surface area contributed by atoms with E-state index in [1.165, 1.54) is 10.8 Å². The second-order valence-electron chi connectivity index (χ2n) is 6.71. The van der Waals surface area contributed by atoms with Crippen molar-refractivity contribution in [3.05, 3.63) is 87.9 Å². The van der Waals surface area contributed by atoms with Crippen LogP contribution in [0, 0.1) is 13.8 Å². The second-order valence-corrected chi connectivity index (χ2v) is 7.74. The molecule has 0 bridgehead atoms. The minimum atomic E-state index is -0.110. The first kappa shape index (κ1) is 18.2. The van der Waals surface area contributed by atoms with Gasteiger partial charge in [-0.15, -0.1) is 11.3 Å². The molecule has 2 aromatic carbocycles. The molecule has 4 rings (SSSR count). The van der Waals surface area contributed by atoms with Crippen LogP contribution in [0.3, 0.4) is 0 Å². The number of carbonyl (C=O) groups is 1. The summed E-state index contributed by atoms with van der Waals surface area (Å²) >= 11 is 1.57. The molecule has 0 saturated heterocycles. The van der Waals surface area contributed by atoms with E-state index in [1.807, 2.05) is 17.5 Å². The largest absolute Gasteiger partial charge is 0.317 e. The summed E-state index contributed by atoms with van der Waals surface area (Å²) in [7, 11) is 0.